The molecule has 1 aliphatic carbocycles. The number of ketones is 1. The number of aliphatic carboxylic acids is 1. The van der Waals surface area contributed by atoms with Crippen LogP contribution in [-0.2, 0) is 9.59 Å². The van der Waals surface area contributed by atoms with Gasteiger partial charge in [0.05, 0.1) is 0 Å². The average Bonchev–Trinajstić information content (AvgIpc) is 2.46. The highest BCUT2D eigenvalue weighted by Gasteiger charge is 2.49. The molecule has 134 valence electrons. The molecule has 0 aromatic carbocycles. The second kappa shape index (κ2) is 7.93. The Bertz CT molecular complexity index is 593. The van der Waals surface area contributed by atoms with E-state index < -0.39 is 17.0 Å². The molecular formula is C20H30O4. The lowest BCUT2D eigenvalue weighted by molar-refractivity contribution is -0.131. The molecular weight excluding hydrogens is 304 g/mol. The van der Waals surface area contributed by atoms with Gasteiger partial charge in [-0.1, -0.05) is 39.7 Å². The van der Waals surface area contributed by atoms with E-state index in [9.17, 15) is 14.7 Å². The number of unbranched alkanes of at least 4 members (excludes halogenated alkanes) is 2. The molecule has 4 nitrogen and oxygen atoms in total. The van der Waals surface area contributed by atoms with E-state index >= 15 is 0 Å². The van der Waals surface area contributed by atoms with E-state index in [1.54, 1.807) is 19.1 Å². The van der Waals surface area contributed by atoms with Crippen LogP contribution in [0.1, 0.15) is 66.7 Å². The summed E-state index contributed by atoms with van der Waals surface area (Å²) in [4.78, 5) is 23.3. The zero-order chi connectivity index (χ0) is 18.5. The third kappa shape index (κ3) is 4.44. The first-order valence-corrected chi connectivity index (χ1v) is 8.61. The van der Waals surface area contributed by atoms with Gasteiger partial charge in [-0.3, -0.25) is 4.79 Å². The molecule has 1 rings (SSSR count). The van der Waals surface area contributed by atoms with Gasteiger partial charge < -0.3 is 10.2 Å². The highest BCUT2D eigenvalue weighted by Crippen LogP contribution is 2.47. The summed E-state index contributed by atoms with van der Waals surface area (Å²) < 4.78 is 0. The molecule has 24 heavy (non-hydrogen) atoms. The molecule has 0 heterocycles. The SMILES string of the molecule is CCCCCC1=C(C)[C@@](O)(/C=C/C(C)=C\C(=O)O)C(C)(C)CC1=O. The van der Waals surface area contributed by atoms with Crippen molar-refractivity contribution in [2.75, 3.05) is 0 Å². The first-order valence-electron chi connectivity index (χ1n) is 8.61. The van der Waals surface area contributed by atoms with Gasteiger partial charge in [0.2, 0.25) is 0 Å². The zero-order valence-corrected chi connectivity index (χ0v) is 15.5. The second-order valence-corrected chi connectivity index (χ2v) is 7.37. The smallest absolute Gasteiger partial charge is 0.328 e. The topological polar surface area (TPSA) is 74.6 Å². The lowest BCUT2D eigenvalue weighted by atomic mass is 9.62. The summed E-state index contributed by atoms with van der Waals surface area (Å²) in [6, 6.07) is 0. The van der Waals surface area contributed by atoms with Gasteiger partial charge in [-0.2, -0.15) is 0 Å². The lowest BCUT2D eigenvalue weighted by Gasteiger charge is -2.46. The van der Waals surface area contributed by atoms with Crippen LogP contribution in [-0.4, -0.2) is 27.6 Å². The van der Waals surface area contributed by atoms with Crippen molar-refractivity contribution in [2.24, 2.45) is 5.41 Å². The van der Waals surface area contributed by atoms with Crippen LogP contribution in [0.25, 0.3) is 0 Å². The highest BCUT2D eigenvalue weighted by molar-refractivity contribution is 5.98. The maximum absolute atomic E-state index is 12.5. The number of allylic oxidation sites excluding steroid dienone is 3. The Morgan fingerprint density at radius 3 is 2.46 bits per heavy atom. The average molecular weight is 334 g/mol. The molecule has 0 aromatic heterocycles. The van der Waals surface area contributed by atoms with Gasteiger partial charge in [0.15, 0.2) is 5.78 Å². The van der Waals surface area contributed by atoms with Crippen LogP contribution in [0.5, 0.6) is 0 Å². The summed E-state index contributed by atoms with van der Waals surface area (Å²) in [7, 11) is 0. The highest BCUT2D eigenvalue weighted by atomic mass is 16.4. The van der Waals surface area contributed by atoms with Crippen LogP contribution >= 0.6 is 0 Å². The van der Waals surface area contributed by atoms with Crippen LogP contribution in [0, 0.1) is 5.41 Å². The van der Waals surface area contributed by atoms with E-state index in [1.807, 2.05) is 20.8 Å². The number of carboxylic acids is 1. The van der Waals surface area contributed by atoms with Crippen molar-refractivity contribution in [3.63, 3.8) is 0 Å². The van der Waals surface area contributed by atoms with Crippen LogP contribution < -0.4 is 0 Å². The van der Waals surface area contributed by atoms with Crippen LogP contribution in [0.4, 0.5) is 0 Å². The molecule has 0 fully saturated rings. The standard InChI is InChI=1S/C20H30O4/c1-6-7-8-9-16-15(3)20(24,19(4,5)13-17(16)21)11-10-14(2)12-18(22)23/h10-12,24H,6-9,13H2,1-5H3,(H,22,23)/b11-10+,14-12-/t20-/m0/s1. The Labute approximate surface area is 145 Å². The first-order chi connectivity index (χ1) is 11.0. The number of aliphatic hydroxyl groups is 1. The maximum Gasteiger partial charge on any atom is 0.328 e. The summed E-state index contributed by atoms with van der Waals surface area (Å²) in [6.45, 7) is 9.36. The van der Waals surface area contributed by atoms with Gasteiger partial charge in [-0.05, 0) is 49.5 Å². The number of carbonyl (C=O) groups is 2. The molecule has 0 bridgehead atoms. The fourth-order valence-corrected chi connectivity index (χ4v) is 3.31. The van der Waals surface area contributed by atoms with Gasteiger partial charge >= 0.3 is 5.97 Å². The maximum atomic E-state index is 12.5. The molecule has 2 N–H and O–H groups in total. The van der Waals surface area contributed by atoms with Gasteiger partial charge in [0.1, 0.15) is 5.60 Å². The summed E-state index contributed by atoms with van der Waals surface area (Å²) in [5, 5.41) is 20.1. The quantitative estimate of drug-likeness (QED) is 0.416. The number of Topliss-reactive ketones (excluding diaryl/α,β-unsaturated/α-hetero) is 1. The van der Waals surface area contributed by atoms with Crippen molar-refractivity contribution in [2.45, 2.75) is 72.3 Å². The zero-order valence-electron chi connectivity index (χ0n) is 15.5. The molecule has 0 unspecified atom stereocenters. The Kier molecular flexibility index (Phi) is 6.73. The van der Waals surface area contributed by atoms with Crippen molar-refractivity contribution in [1.29, 1.82) is 0 Å². The number of rotatable bonds is 7. The van der Waals surface area contributed by atoms with Gasteiger partial charge in [-0.15, -0.1) is 0 Å². The minimum absolute atomic E-state index is 0.115. The Balaban J connectivity index is 3.25. The van der Waals surface area contributed by atoms with E-state index in [0.29, 0.717) is 17.6 Å². The van der Waals surface area contributed by atoms with E-state index in [2.05, 4.69) is 6.92 Å². The molecule has 0 amide bonds. The van der Waals surface area contributed by atoms with Crippen molar-refractivity contribution < 1.29 is 19.8 Å². The molecule has 0 saturated carbocycles. The number of carboxylic acid groups (broad SMARTS) is 1. The number of carbonyl (C=O) groups excluding carboxylic acids is 1. The predicted molar refractivity (Wildman–Crippen MR) is 95.7 cm³/mol. The van der Waals surface area contributed by atoms with Gasteiger partial charge in [-0.25, -0.2) is 4.79 Å². The summed E-state index contributed by atoms with van der Waals surface area (Å²) >= 11 is 0. The van der Waals surface area contributed by atoms with E-state index in [4.69, 9.17) is 5.11 Å². The Hall–Kier alpha value is -1.68. The lowest BCUT2D eigenvalue weighted by Crippen LogP contribution is -2.49. The molecule has 4 heteroatoms. The molecule has 0 aliphatic heterocycles. The molecule has 0 aromatic rings. The largest absolute Gasteiger partial charge is 0.478 e. The number of hydrogen-bond donors (Lipinski definition) is 2. The minimum Gasteiger partial charge on any atom is -0.478 e. The third-order valence-electron chi connectivity index (χ3n) is 4.96. The second-order valence-electron chi connectivity index (χ2n) is 7.37. The van der Waals surface area contributed by atoms with Gasteiger partial charge in [0, 0.05) is 17.9 Å². The summed E-state index contributed by atoms with van der Waals surface area (Å²) in [6.07, 6.45) is 8.41. The molecule has 0 spiro atoms. The van der Waals surface area contributed by atoms with Crippen molar-refractivity contribution in [3.05, 3.63) is 34.9 Å². The summed E-state index contributed by atoms with van der Waals surface area (Å²) in [5.41, 5.74) is 0.0800. The van der Waals surface area contributed by atoms with E-state index in [-0.39, 0.29) is 12.2 Å². The van der Waals surface area contributed by atoms with Crippen molar-refractivity contribution in [3.8, 4) is 0 Å². The normalized spacial score (nSPS) is 24.8. The molecule has 1 atom stereocenters. The molecule has 0 radical (unpaired) electrons. The fourth-order valence-electron chi connectivity index (χ4n) is 3.31. The van der Waals surface area contributed by atoms with E-state index in [0.717, 1.165) is 30.9 Å². The summed E-state index contributed by atoms with van der Waals surface area (Å²) in [5.74, 6) is -0.904. The predicted octanol–water partition coefficient (Wildman–Crippen LogP) is 4.20. The third-order valence-corrected chi connectivity index (χ3v) is 4.96. The minimum atomic E-state index is -1.25. The molecule has 0 saturated heterocycles. The van der Waals surface area contributed by atoms with Crippen LogP contribution in [0.15, 0.2) is 34.9 Å². The van der Waals surface area contributed by atoms with Gasteiger partial charge in [0.25, 0.3) is 0 Å². The first kappa shape index (κ1) is 20.4. The monoisotopic (exact) mass is 334 g/mol. The van der Waals surface area contributed by atoms with Crippen LogP contribution in [0.3, 0.4) is 0 Å². The fraction of sp³-hybridized carbons (Fsp3) is 0.600. The Morgan fingerprint density at radius 2 is 1.92 bits per heavy atom. The Morgan fingerprint density at radius 1 is 1.29 bits per heavy atom. The van der Waals surface area contributed by atoms with E-state index in [1.165, 1.54) is 0 Å². The molecule has 1 aliphatic rings. The van der Waals surface area contributed by atoms with Crippen LogP contribution in [0.2, 0.25) is 0 Å². The van der Waals surface area contributed by atoms with Crippen molar-refractivity contribution >= 4 is 11.8 Å². The van der Waals surface area contributed by atoms with Crippen molar-refractivity contribution in [1.82, 2.24) is 0 Å². The number of hydrogen-bond acceptors (Lipinski definition) is 3.